The number of rotatable bonds is 2. The highest BCUT2D eigenvalue weighted by Crippen LogP contribution is 2.35. The quantitative estimate of drug-likeness (QED) is 0.632. The summed E-state index contributed by atoms with van der Waals surface area (Å²) in [6, 6.07) is 2.62. The molecule has 1 aliphatic rings. The third-order valence-electron chi connectivity index (χ3n) is 3.40. The molecule has 0 bridgehead atoms. The number of alkyl halides is 3. The Bertz CT molecular complexity index is 479. The zero-order valence-electron chi connectivity index (χ0n) is 10.1. The summed E-state index contributed by atoms with van der Waals surface area (Å²) >= 11 is 0. The lowest BCUT2D eigenvalue weighted by Crippen LogP contribution is -2.15. The molecule has 1 aromatic carbocycles. The third kappa shape index (κ3) is 3.15. The van der Waals surface area contributed by atoms with Gasteiger partial charge in [0.25, 0.3) is 0 Å². The average Bonchev–Trinajstić information content (AvgIpc) is 2.37. The van der Waals surface area contributed by atoms with Crippen LogP contribution in [0, 0.1) is 11.7 Å². The SMILES string of the molecule is OC(c1ccc(C(F)(F)F)c(F)c1)C1CC=CCC1. The van der Waals surface area contributed by atoms with E-state index in [1.165, 1.54) is 0 Å². The lowest BCUT2D eigenvalue weighted by Gasteiger charge is -2.24. The van der Waals surface area contributed by atoms with Crippen LogP contribution in [0.15, 0.2) is 30.4 Å². The minimum Gasteiger partial charge on any atom is -0.388 e. The molecular weight excluding hydrogens is 260 g/mol. The zero-order chi connectivity index (χ0) is 14.0. The molecule has 0 aromatic heterocycles. The molecular formula is C14H14F4O. The normalized spacial score (nSPS) is 21.4. The number of halogens is 4. The Morgan fingerprint density at radius 1 is 1.21 bits per heavy atom. The van der Waals surface area contributed by atoms with E-state index in [0.717, 1.165) is 25.0 Å². The smallest absolute Gasteiger partial charge is 0.388 e. The molecule has 2 atom stereocenters. The summed E-state index contributed by atoms with van der Waals surface area (Å²) in [5.74, 6) is -1.41. The number of hydrogen-bond donors (Lipinski definition) is 1. The van der Waals surface area contributed by atoms with Crippen molar-refractivity contribution >= 4 is 0 Å². The fraction of sp³-hybridized carbons (Fsp3) is 0.429. The molecule has 0 heterocycles. The monoisotopic (exact) mass is 274 g/mol. The summed E-state index contributed by atoms with van der Waals surface area (Å²) in [5, 5.41) is 10.1. The van der Waals surface area contributed by atoms with Crippen molar-refractivity contribution in [2.24, 2.45) is 5.92 Å². The van der Waals surface area contributed by atoms with E-state index in [2.05, 4.69) is 0 Å². The average molecular weight is 274 g/mol. The molecule has 1 aliphatic carbocycles. The molecule has 2 unspecified atom stereocenters. The van der Waals surface area contributed by atoms with Crippen molar-refractivity contribution in [3.8, 4) is 0 Å². The number of allylic oxidation sites excluding steroid dienone is 2. The lowest BCUT2D eigenvalue weighted by molar-refractivity contribution is -0.140. The number of aliphatic hydroxyl groups excluding tert-OH is 1. The molecule has 2 rings (SSSR count). The zero-order valence-corrected chi connectivity index (χ0v) is 10.1. The highest BCUT2D eigenvalue weighted by atomic mass is 19.4. The molecule has 19 heavy (non-hydrogen) atoms. The topological polar surface area (TPSA) is 20.2 Å². The summed E-state index contributed by atoms with van der Waals surface area (Å²) in [5.41, 5.74) is -1.10. The second-order valence-electron chi connectivity index (χ2n) is 4.73. The summed E-state index contributed by atoms with van der Waals surface area (Å²) in [6.07, 6.45) is 0.520. The Morgan fingerprint density at radius 2 is 1.95 bits per heavy atom. The second-order valence-corrected chi connectivity index (χ2v) is 4.73. The molecule has 0 aliphatic heterocycles. The predicted octanol–water partition coefficient (Wildman–Crippen LogP) is 4.23. The highest BCUT2D eigenvalue weighted by molar-refractivity contribution is 5.28. The highest BCUT2D eigenvalue weighted by Gasteiger charge is 2.34. The second kappa shape index (κ2) is 5.33. The summed E-state index contributed by atoms with van der Waals surface area (Å²) in [4.78, 5) is 0. The first-order chi connectivity index (χ1) is 8.89. The van der Waals surface area contributed by atoms with Gasteiger partial charge in [-0.15, -0.1) is 0 Å². The Kier molecular flexibility index (Phi) is 3.94. The Morgan fingerprint density at radius 3 is 2.47 bits per heavy atom. The maximum Gasteiger partial charge on any atom is 0.419 e. The van der Waals surface area contributed by atoms with Crippen LogP contribution in [0.3, 0.4) is 0 Å². The van der Waals surface area contributed by atoms with E-state index >= 15 is 0 Å². The molecule has 5 heteroatoms. The maximum atomic E-state index is 13.4. The Labute approximate surface area is 108 Å². The van der Waals surface area contributed by atoms with Crippen molar-refractivity contribution in [3.05, 3.63) is 47.3 Å². The van der Waals surface area contributed by atoms with Gasteiger partial charge in [0.2, 0.25) is 0 Å². The van der Waals surface area contributed by atoms with E-state index in [0.29, 0.717) is 12.5 Å². The van der Waals surface area contributed by atoms with Crippen LogP contribution in [-0.4, -0.2) is 5.11 Å². The summed E-state index contributed by atoms with van der Waals surface area (Å²) < 4.78 is 50.7. The van der Waals surface area contributed by atoms with Crippen LogP contribution in [0.5, 0.6) is 0 Å². The van der Waals surface area contributed by atoms with E-state index in [9.17, 15) is 22.7 Å². The fourth-order valence-electron chi connectivity index (χ4n) is 2.32. The molecule has 1 N–H and O–H groups in total. The van der Waals surface area contributed by atoms with Gasteiger partial charge in [0.1, 0.15) is 5.82 Å². The van der Waals surface area contributed by atoms with Crippen molar-refractivity contribution < 1.29 is 22.7 Å². The van der Waals surface area contributed by atoms with Crippen LogP contribution in [0.2, 0.25) is 0 Å². The predicted molar refractivity (Wildman–Crippen MR) is 62.8 cm³/mol. The molecule has 0 spiro atoms. The lowest BCUT2D eigenvalue weighted by atomic mass is 9.86. The van der Waals surface area contributed by atoms with Crippen molar-refractivity contribution in [1.29, 1.82) is 0 Å². The molecule has 1 aromatic rings. The van der Waals surface area contributed by atoms with Gasteiger partial charge in [-0.25, -0.2) is 4.39 Å². The van der Waals surface area contributed by atoms with Gasteiger partial charge in [0, 0.05) is 0 Å². The molecule has 1 nitrogen and oxygen atoms in total. The van der Waals surface area contributed by atoms with Gasteiger partial charge < -0.3 is 5.11 Å². The number of aliphatic hydroxyl groups is 1. The van der Waals surface area contributed by atoms with Gasteiger partial charge in [-0.05, 0) is 42.9 Å². The van der Waals surface area contributed by atoms with E-state index in [1.54, 1.807) is 0 Å². The molecule has 0 saturated carbocycles. The van der Waals surface area contributed by atoms with Gasteiger partial charge >= 0.3 is 6.18 Å². The van der Waals surface area contributed by atoms with Crippen LogP contribution < -0.4 is 0 Å². The van der Waals surface area contributed by atoms with Crippen molar-refractivity contribution in [2.45, 2.75) is 31.5 Å². The minimum absolute atomic E-state index is 0.0684. The molecule has 0 amide bonds. The van der Waals surface area contributed by atoms with E-state index in [4.69, 9.17) is 0 Å². The van der Waals surface area contributed by atoms with Crippen LogP contribution >= 0.6 is 0 Å². The number of benzene rings is 1. The minimum atomic E-state index is -4.71. The van der Waals surface area contributed by atoms with Crippen LogP contribution in [-0.2, 0) is 6.18 Å². The van der Waals surface area contributed by atoms with Gasteiger partial charge in [0.15, 0.2) is 0 Å². The first-order valence-electron chi connectivity index (χ1n) is 6.09. The molecule has 0 radical (unpaired) electrons. The summed E-state index contributed by atoms with van der Waals surface area (Å²) in [7, 11) is 0. The van der Waals surface area contributed by atoms with Gasteiger partial charge in [-0.1, -0.05) is 18.2 Å². The third-order valence-corrected chi connectivity index (χ3v) is 3.40. The van der Waals surface area contributed by atoms with Crippen LogP contribution in [0.4, 0.5) is 17.6 Å². The van der Waals surface area contributed by atoms with Gasteiger partial charge in [0.05, 0.1) is 11.7 Å². The van der Waals surface area contributed by atoms with Gasteiger partial charge in [-0.3, -0.25) is 0 Å². The van der Waals surface area contributed by atoms with Crippen molar-refractivity contribution in [2.75, 3.05) is 0 Å². The van der Waals surface area contributed by atoms with E-state index in [-0.39, 0.29) is 11.5 Å². The molecule has 0 fully saturated rings. The largest absolute Gasteiger partial charge is 0.419 e. The van der Waals surface area contributed by atoms with E-state index < -0.39 is 23.7 Å². The Hall–Kier alpha value is -1.36. The fourth-order valence-corrected chi connectivity index (χ4v) is 2.32. The number of hydrogen-bond acceptors (Lipinski definition) is 1. The molecule has 0 saturated heterocycles. The van der Waals surface area contributed by atoms with Crippen LogP contribution in [0.25, 0.3) is 0 Å². The van der Waals surface area contributed by atoms with Crippen LogP contribution in [0.1, 0.15) is 36.5 Å². The molecule has 104 valence electrons. The van der Waals surface area contributed by atoms with Crippen molar-refractivity contribution in [3.63, 3.8) is 0 Å². The van der Waals surface area contributed by atoms with E-state index in [1.807, 2.05) is 12.2 Å². The maximum absolute atomic E-state index is 13.4. The Balaban J connectivity index is 2.22. The first kappa shape index (κ1) is 14.1. The summed E-state index contributed by atoms with van der Waals surface area (Å²) in [6.45, 7) is 0. The van der Waals surface area contributed by atoms with Crippen molar-refractivity contribution in [1.82, 2.24) is 0 Å². The standard InChI is InChI=1S/C14H14F4O/c15-12-8-10(6-7-11(12)14(16,17)18)13(19)9-4-2-1-3-5-9/h1-2,6-9,13,19H,3-5H2. The van der Waals surface area contributed by atoms with Gasteiger partial charge in [-0.2, -0.15) is 13.2 Å². The first-order valence-corrected chi connectivity index (χ1v) is 6.09.